The molecule has 0 bridgehead atoms. The summed E-state index contributed by atoms with van der Waals surface area (Å²) in [7, 11) is 0. The Kier molecular flexibility index (Phi) is 3.80. The Bertz CT molecular complexity index is 473. The minimum Gasteiger partial charge on any atom is -0.316 e. The van der Waals surface area contributed by atoms with E-state index in [-0.39, 0.29) is 5.91 Å². The highest BCUT2D eigenvalue weighted by molar-refractivity contribution is 7.99. The smallest absolute Gasteiger partial charge is 0.237 e. The van der Waals surface area contributed by atoms with Gasteiger partial charge in [-0.1, -0.05) is 18.2 Å². The number of rotatable bonds is 4. The zero-order valence-corrected chi connectivity index (χ0v) is 12.1. The number of carbonyl (C=O) groups excluding carboxylic acids is 1. The second kappa shape index (κ2) is 5.55. The van der Waals surface area contributed by atoms with E-state index in [1.165, 1.54) is 5.56 Å². The summed E-state index contributed by atoms with van der Waals surface area (Å²) in [6.07, 6.45) is 0.985. The van der Waals surface area contributed by atoms with Crippen molar-refractivity contribution in [2.75, 3.05) is 29.5 Å². The van der Waals surface area contributed by atoms with Crippen molar-refractivity contribution in [3.63, 3.8) is 0 Å². The molecule has 3 nitrogen and oxygen atoms in total. The summed E-state index contributed by atoms with van der Waals surface area (Å²) < 4.78 is 0. The van der Waals surface area contributed by atoms with Gasteiger partial charge in [-0.2, -0.15) is 11.8 Å². The van der Waals surface area contributed by atoms with Crippen molar-refractivity contribution in [1.82, 2.24) is 5.32 Å². The molecule has 1 amide bonds. The van der Waals surface area contributed by atoms with Crippen LogP contribution < -0.4 is 10.2 Å². The molecule has 1 saturated heterocycles. The van der Waals surface area contributed by atoms with Crippen LogP contribution in [-0.4, -0.2) is 36.5 Å². The van der Waals surface area contributed by atoms with E-state index >= 15 is 0 Å². The van der Waals surface area contributed by atoms with Crippen molar-refractivity contribution >= 4 is 23.4 Å². The number of fused-ring (bicyclic) bond motifs is 1. The second-order valence-corrected chi connectivity index (χ2v) is 6.52. The van der Waals surface area contributed by atoms with Crippen LogP contribution in [0.2, 0.25) is 0 Å². The lowest BCUT2D eigenvalue weighted by Crippen LogP contribution is -2.43. The summed E-state index contributed by atoms with van der Waals surface area (Å²) in [5.41, 5.74) is 2.42. The van der Waals surface area contributed by atoms with Gasteiger partial charge in [-0.15, -0.1) is 0 Å². The molecule has 2 aliphatic rings. The van der Waals surface area contributed by atoms with Crippen LogP contribution in [0.15, 0.2) is 24.3 Å². The Morgan fingerprint density at radius 1 is 1.42 bits per heavy atom. The molecule has 1 aromatic carbocycles. The number of hydrogen-bond donors (Lipinski definition) is 1. The molecule has 3 rings (SSSR count). The summed E-state index contributed by atoms with van der Waals surface area (Å²) in [5.74, 6) is 2.73. The fraction of sp³-hybridized carbons (Fsp3) is 0.533. The van der Waals surface area contributed by atoms with E-state index in [0.29, 0.717) is 11.8 Å². The molecule has 1 N–H and O–H groups in total. The van der Waals surface area contributed by atoms with Gasteiger partial charge in [-0.05, 0) is 49.7 Å². The van der Waals surface area contributed by atoms with E-state index in [2.05, 4.69) is 30.4 Å². The lowest BCUT2D eigenvalue weighted by Gasteiger charge is -2.27. The number of para-hydroxylation sites is 1. The molecule has 1 atom stereocenters. The second-order valence-electron chi connectivity index (χ2n) is 5.49. The van der Waals surface area contributed by atoms with Crippen molar-refractivity contribution in [3.05, 3.63) is 29.8 Å². The lowest BCUT2D eigenvalue weighted by molar-refractivity contribution is -0.116. The third kappa shape index (κ3) is 2.65. The van der Waals surface area contributed by atoms with Gasteiger partial charge < -0.3 is 10.2 Å². The molecule has 0 spiro atoms. The maximum Gasteiger partial charge on any atom is 0.237 e. The van der Waals surface area contributed by atoms with E-state index in [4.69, 9.17) is 0 Å². The highest BCUT2D eigenvalue weighted by atomic mass is 32.2. The van der Waals surface area contributed by atoms with Gasteiger partial charge in [0.05, 0.1) is 5.75 Å². The molecule has 2 aliphatic heterocycles. The highest BCUT2D eigenvalue weighted by Gasteiger charge is 2.30. The number of amides is 1. The van der Waals surface area contributed by atoms with Crippen LogP contribution in [0, 0.1) is 5.92 Å². The maximum absolute atomic E-state index is 12.4. The number of nitrogens with zero attached hydrogens (tertiary/aromatic N) is 1. The summed E-state index contributed by atoms with van der Waals surface area (Å²) in [6.45, 7) is 4.37. The normalized spacial score (nSPS) is 22.2. The van der Waals surface area contributed by atoms with Gasteiger partial charge in [0, 0.05) is 11.7 Å². The SMILES string of the molecule is CC1Cc2ccccc2N1C(=O)CSCC1CNC1. The van der Waals surface area contributed by atoms with E-state index in [0.717, 1.165) is 36.9 Å². The van der Waals surface area contributed by atoms with Crippen LogP contribution >= 0.6 is 11.8 Å². The molecule has 1 aromatic rings. The van der Waals surface area contributed by atoms with E-state index in [9.17, 15) is 4.79 Å². The number of anilines is 1. The van der Waals surface area contributed by atoms with Crippen molar-refractivity contribution in [2.24, 2.45) is 5.92 Å². The van der Waals surface area contributed by atoms with Gasteiger partial charge in [0.25, 0.3) is 0 Å². The first-order valence-corrected chi connectivity index (χ1v) is 8.09. The quantitative estimate of drug-likeness (QED) is 0.912. The van der Waals surface area contributed by atoms with Crippen molar-refractivity contribution < 1.29 is 4.79 Å². The van der Waals surface area contributed by atoms with Crippen LogP contribution in [0.4, 0.5) is 5.69 Å². The number of hydrogen-bond acceptors (Lipinski definition) is 3. The highest BCUT2D eigenvalue weighted by Crippen LogP contribution is 2.32. The molecule has 0 saturated carbocycles. The Balaban J connectivity index is 1.59. The van der Waals surface area contributed by atoms with Gasteiger partial charge in [-0.3, -0.25) is 4.79 Å². The zero-order valence-electron chi connectivity index (χ0n) is 11.3. The third-order valence-electron chi connectivity index (χ3n) is 3.92. The van der Waals surface area contributed by atoms with Crippen LogP contribution in [0.5, 0.6) is 0 Å². The molecule has 0 aromatic heterocycles. The number of nitrogens with one attached hydrogen (secondary N) is 1. The van der Waals surface area contributed by atoms with Crippen molar-refractivity contribution in [1.29, 1.82) is 0 Å². The molecule has 0 aliphatic carbocycles. The fourth-order valence-electron chi connectivity index (χ4n) is 2.79. The minimum absolute atomic E-state index is 0.259. The van der Waals surface area contributed by atoms with E-state index in [1.807, 2.05) is 11.0 Å². The van der Waals surface area contributed by atoms with Gasteiger partial charge in [-0.25, -0.2) is 0 Å². The molecular formula is C15H20N2OS. The molecule has 1 fully saturated rings. The predicted molar refractivity (Wildman–Crippen MR) is 80.8 cm³/mol. The third-order valence-corrected chi connectivity index (χ3v) is 5.08. The lowest BCUT2D eigenvalue weighted by atomic mass is 10.1. The first-order valence-electron chi connectivity index (χ1n) is 6.94. The molecule has 2 heterocycles. The Labute approximate surface area is 118 Å². The average molecular weight is 276 g/mol. The molecule has 0 radical (unpaired) electrons. The first kappa shape index (κ1) is 13.0. The van der Waals surface area contributed by atoms with Crippen LogP contribution in [-0.2, 0) is 11.2 Å². The van der Waals surface area contributed by atoms with Gasteiger partial charge in [0.2, 0.25) is 5.91 Å². The summed E-state index contributed by atoms with van der Waals surface area (Å²) in [5, 5.41) is 3.27. The fourth-order valence-corrected chi connectivity index (χ4v) is 3.79. The summed E-state index contributed by atoms with van der Waals surface area (Å²) >= 11 is 1.78. The largest absolute Gasteiger partial charge is 0.316 e. The Morgan fingerprint density at radius 2 is 2.21 bits per heavy atom. The molecule has 1 unspecified atom stereocenters. The van der Waals surface area contributed by atoms with Gasteiger partial charge >= 0.3 is 0 Å². The van der Waals surface area contributed by atoms with Crippen molar-refractivity contribution in [3.8, 4) is 0 Å². The zero-order chi connectivity index (χ0) is 13.2. The Hall–Kier alpha value is -1.000. The number of carbonyl (C=O) groups is 1. The average Bonchev–Trinajstić information content (AvgIpc) is 2.68. The number of benzene rings is 1. The van der Waals surface area contributed by atoms with Crippen LogP contribution in [0.3, 0.4) is 0 Å². The predicted octanol–water partition coefficient (Wildman–Crippen LogP) is 1.92. The molecule has 102 valence electrons. The summed E-state index contributed by atoms with van der Waals surface area (Å²) in [6, 6.07) is 8.57. The van der Waals surface area contributed by atoms with Crippen LogP contribution in [0.25, 0.3) is 0 Å². The minimum atomic E-state index is 0.259. The molecular weight excluding hydrogens is 256 g/mol. The topological polar surface area (TPSA) is 32.3 Å². The monoisotopic (exact) mass is 276 g/mol. The van der Waals surface area contributed by atoms with E-state index < -0.39 is 0 Å². The van der Waals surface area contributed by atoms with Gasteiger partial charge in [0.15, 0.2) is 0 Å². The Morgan fingerprint density at radius 3 is 2.95 bits per heavy atom. The standard InChI is InChI=1S/C15H20N2OS/c1-11-6-13-4-2-3-5-14(13)17(11)15(18)10-19-9-12-7-16-8-12/h2-5,11-12,16H,6-10H2,1H3. The van der Waals surface area contributed by atoms with Crippen molar-refractivity contribution in [2.45, 2.75) is 19.4 Å². The summed E-state index contributed by atoms with van der Waals surface area (Å²) in [4.78, 5) is 14.4. The first-order chi connectivity index (χ1) is 9.25. The van der Waals surface area contributed by atoms with E-state index in [1.54, 1.807) is 11.8 Å². The van der Waals surface area contributed by atoms with Crippen LogP contribution in [0.1, 0.15) is 12.5 Å². The number of thioether (sulfide) groups is 1. The molecule has 4 heteroatoms. The maximum atomic E-state index is 12.4. The van der Waals surface area contributed by atoms with Gasteiger partial charge in [0.1, 0.15) is 0 Å². The molecule has 19 heavy (non-hydrogen) atoms.